The van der Waals surface area contributed by atoms with Crippen LogP contribution in [0.25, 0.3) is 0 Å². The van der Waals surface area contributed by atoms with E-state index in [0.29, 0.717) is 5.75 Å². The average molecular weight is 329 g/mol. The number of hydrogen-bond donors (Lipinski definition) is 2. The van der Waals surface area contributed by atoms with Gasteiger partial charge < -0.3 is 9.84 Å². The molecule has 2 N–H and O–H groups in total. The summed E-state index contributed by atoms with van der Waals surface area (Å²) in [5.74, 6) is -0.767. The topological polar surface area (TPSA) is 118 Å². The second kappa shape index (κ2) is 6.06. The van der Waals surface area contributed by atoms with Gasteiger partial charge >= 0.3 is 5.97 Å². The number of carboxylic acids is 1. The molecule has 0 unspecified atom stereocenters. The second-order valence-electron chi connectivity index (χ2n) is 3.89. The molecule has 0 radical (unpaired) electrons. The molecule has 0 aliphatic heterocycles. The van der Waals surface area contributed by atoms with Crippen LogP contribution in [0.4, 0.5) is 5.13 Å². The van der Waals surface area contributed by atoms with E-state index in [2.05, 4.69) is 14.9 Å². The zero-order chi connectivity index (χ0) is 15.5. The van der Waals surface area contributed by atoms with Crippen molar-refractivity contribution in [2.24, 2.45) is 0 Å². The van der Waals surface area contributed by atoms with Gasteiger partial charge in [0.2, 0.25) is 5.13 Å². The molecule has 0 amide bonds. The summed E-state index contributed by atoms with van der Waals surface area (Å²) in [6.45, 7) is 0. The fourth-order valence-electron chi connectivity index (χ4n) is 1.63. The first kappa shape index (κ1) is 15.2. The Bertz CT molecular complexity index is 743. The van der Waals surface area contributed by atoms with Gasteiger partial charge in [0.1, 0.15) is 11.3 Å². The van der Waals surface area contributed by atoms with Gasteiger partial charge in [0, 0.05) is 0 Å². The van der Waals surface area contributed by atoms with E-state index in [4.69, 9.17) is 9.84 Å². The Balaban J connectivity index is 2.43. The van der Waals surface area contributed by atoms with E-state index >= 15 is 0 Å². The van der Waals surface area contributed by atoms with Gasteiger partial charge in [-0.3, -0.25) is 9.52 Å². The number of nitrogens with zero attached hydrogens (tertiary/aromatic N) is 2. The van der Waals surface area contributed by atoms with Gasteiger partial charge in [-0.15, -0.1) is 10.2 Å². The molecule has 0 atom stereocenters. The Hall–Kier alpha value is -2.20. The summed E-state index contributed by atoms with van der Waals surface area (Å²) in [7, 11) is -2.54. The van der Waals surface area contributed by atoms with Crippen molar-refractivity contribution >= 4 is 32.5 Å². The molecule has 1 heterocycles. The fourth-order valence-corrected chi connectivity index (χ4v) is 3.55. The van der Waals surface area contributed by atoms with Crippen molar-refractivity contribution in [2.75, 3.05) is 11.8 Å². The summed E-state index contributed by atoms with van der Waals surface area (Å²) >= 11 is 1.02. The van der Waals surface area contributed by atoms with E-state index in [1.165, 1.54) is 30.8 Å². The number of aromatic nitrogens is 2. The third-order valence-electron chi connectivity index (χ3n) is 2.48. The van der Waals surface area contributed by atoms with Crippen LogP contribution in [0.3, 0.4) is 0 Å². The molecular weight excluding hydrogens is 318 g/mol. The number of carboxylic acid groups (broad SMARTS) is 1. The lowest BCUT2D eigenvalue weighted by molar-refractivity contribution is -0.136. The van der Waals surface area contributed by atoms with E-state index in [9.17, 15) is 13.2 Å². The number of nitrogens with one attached hydrogen (secondary N) is 1. The van der Waals surface area contributed by atoms with Crippen LogP contribution in [-0.4, -0.2) is 36.8 Å². The Kier molecular flexibility index (Phi) is 4.38. The van der Waals surface area contributed by atoms with Crippen LogP contribution < -0.4 is 9.46 Å². The highest BCUT2D eigenvalue weighted by molar-refractivity contribution is 7.93. The van der Waals surface area contributed by atoms with Crippen LogP contribution >= 0.6 is 11.3 Å². The summed E-state index contributed by atoms with van der Waals surface area (Å²) in [6.07, 6.45) is -0.441. The quantitative estimate of drug-likeness (QED) is 0.810. The zero-order valence-electron chi connectivity index (χ0n) is 10.8. The van der Waals surface area contributed by atoms with Crippen LogP contribution in [0.5, 0.6) is 5.75 Å². The van der Waals surface area contributed by atoms with Gasteiger partial charge in [-0.05, 0) is 23.8 Å². The van der Waals surface area contributed by atoms with Crippen LogP contribution in [0.1, 0.15) is 5.56 Å². The summed E-state index contributed by atoms with van der Waals surface area (Å²) in [5.41, 5.74) is 1.50. The van der Waals surface area contributed by atoms with Crippen molar-refractivity contribution in [2.45, 2.75) is 11.3 Å². The highest BCUT2D eigenvalue weighted by atomic mass is 32.2. The third-order valence-corrected chi connectivity index (χ3v) is 4.66. The minimum atomic E-state index is -3.95. The summed E-state index contributed by atoms with van der Waals surface area (Å²) < 4.78 is 31.8. The number of benzene rings is 1. The molecule has 112 valence electrons. The Morgan fingerprint density at radius 3 is 2.81 bits per heavy atom. The molecule has 1 aromatic carbocycles. The molecule has 10 heteroatoms. The lowest BCUT2D eigenvalue weighted by atomic mass is 10.1. The number of ether oxygens (including phenoxy) is 1. The Morgan fingerprint density at radius 1 is 1.48 bits per heavy atom. The highest BCUT2D eigenvalue weighted by Gasteiger charge is 2.21. The smallest absolute Gasteiger partial charge is 0.307 e. The van der Waals surface area contributed by atoms with Gasteiger partial charge in [-0.25, -0.2) is 8.42 Å². The maximum Gasteiger partial charge on any atom is 0.307 e. The van der Waals surface area contributed by atoms with E-state index in [0.717, 1.165) is 11.3 Å². The monoisotopic (exact) mass is 329 g/mol. The van der Waals surface area contributed by atoms with Gasteiger partial charge in [0.15, 0.2) is 0 Å². The minimum absolute atomic E-state index is 0.104. The van der Waals surface area contributed by atoms with Crippen molar-refractivity contribution < 1.29 is 23.1 Å². The van der Waals surface area contributed by atoms with Crippen LogP contribution in [0, 0.1) is 0 Å². The van der Waals surface area contributed by atoms with Gasteiger partial charge in [0.05, 0.1) is 18.4 Å². The first-order chi connectivity index (χ1) is 9.92. The minimum Gasteiger partial charge on any atom is -0.497 e. The summed E-state index contributed by atoms with van der Waals surface area (Å²) in [5, 5.41) is 16.1. The number of anilines is 1. The zero-order valence-corrected chi connectivity index (χ0v) is 12.4. The Morgan fingerprint density at radius 2 is 2.24 bits per heavy atom. The van der Waals surface area contributed by atoms with Gasteiger partial charge in [-0.2, -0.15) is 0 Å². The lowest BCUT2D eigenvalue weighted by Crippen LogP contribution is -2.16. The number of aliphatic carboxylic acids is 1. The maximum atomic E-state index is 12.3. The molecular formula is C11H11N3O5S2. The molecule has 0 aliphatic rings. The summed E-state index contributed by atoms with van der Waals surface area (Å²) in [6, 6.07) is 4.11. The molecule has 0 saturated heterocycles. The van der Waals surface area contributed by atoms with Crippen molar-refractivity contribution in [3.63, 3.8) is 0 Å². The SMILES string of the molecule is COc1ccc(S(=O)(=O)Nc2nncs2)c(CC(=O)O)c1. The first-order valence-electron chi connectivity index (χ1n) is 5.60. The number of carbonyl (C=O) groups is 1. The number of sulfonamides is 1. The molecule has 0 saturated carbocycles. The molecule has 2 rings (SSSR count). The number of hydrogen-bond acceptors (Lipinski definition) is 7. The molecule has 0 spiro atoms. The molecule has 0 fully saturated rings. The second-order valence-corrected chi connectivity index (χ2v) is 6.38. The van der Waals surface area contributed by atoms with Crippen LogP contribution in [0.2, 0.25) is 0 Å². The summed E-state index contributed by atoms with van der Waals surface area (Å²) in [4.78, 5) is 10.8. The predicted octanol–water partition coefficient (Wildman–Crippen LogP) is 0.975. The predicted molar refractivity (Wildman–Crippen MR) is 75.1 cm³/mol. The fraction of sp³-hybridized carbons (Fsp3) is 0.182. The molecule has 1 aromatic heterocycles. The number of methoxy groups -OCH3 is 1. The molecule has 0 aliphatic carbocycles. The van der Waals surface area contributed by atoms with Gasteiger partial charge in [-0.1, -0.05) is 11.3 Å². The maximum absolute atomic E-state index is 12.3. The Labute approximate surface area is 124 Å². The van der Waals surface area contributed by atoms with E-state index in [-0.39, 0.29) is 15.6 Å². The normalized spacial score (nSPS) is 11.1. The molecule has 8 nitrogen and oxygen atoms in total. The number of rotatable bonds is 6. The van der Waals surface area contributed by atoms with Crippen molar-refractivity contribution in [1.29, 1.82) is 0 Å². The highest BCUT2D eigenvalue weighted by Crippen LogP contribution is 2.24. The van der Waals surface area contributed by atoms with Crippen LogP contribution in [-0.2, 0) is 21.2 Å². The average Bonchev–Trinajstić information content (AvgIpc) is 2.89. The van der Waals surface area contributed by atoms with Crippen molar-refractivity contribution in [1.82, 2.24) is 10.2 Å². The standard InChI is InChI=1S/C11H11N3O5S2/c1-19-8-2-3-9(7(4-8)5-10(15)16)21(17,18)14-11-13-12-6-20-11/h2-4,6H,5H2,1H3,(H,13,14)(H,15,16). The van der Waals surface area contributed by atoms with E-state index in [1.807, 2.05) is 0 Å². The molecule has 0 bridgehead atoms. The molecule has 2 aromatic rings. The van der Waals surface area contributed by atoms with E-state index < -0.39 is 22.4 Å². The first-order valence-corrected chi connectivity index (χ1v) is 7.96. The van der Waals surface area contributed by atoms with Gasteiger partial charge in [0.25, 0.3) is 10.0 Å². The van der Waals surface area contributed by atoms with E-state index in [1.54, 1.807) is 0 Å². The third kappa shape index (κ3) is 3.67. The van der Waals surface area contributed by atoms with Crippen molar-refractivity contribution in [3.8, 4) is 5.75 Å². The lowest BCUT2D eigenvalue weighted by Gasteiger charge is -2.11. The largest absolute Gasteiger partial charge is 0.497 e. The molecule has 21 heavy (non-hydrogen) atoms. The van der Waals surface area contributed by atoms with Crippen LogP contribution in [0.15, 0.2) is 28.6 Å². The van der Waals surface area contributed by atoms with Crippen molar-refractivity contribution in [3.05, 3.63) is 29.3 Å².